The second-order valence-corrected chi connectivity index (χ2v) is 4.12. The average Bonchev–Trinajstić information content (AvgIpc) is 2.49. The Kier molecular flexibility index (Phi) is 4.34. The molecular formula is C16H12N2O2. The van der Waals surface area contributed by atoms with Crippen LogP contribution in [0.3, 0.4) is 0 Å². The van der Waals surface area contributed by atoms with Crippen molar-refractivity contribution in [2.24, 2.45) is 0 Å². The number of hydrogen-bond donors (Lipinski definition) is 1. The van der Waals surface area contributed by atoms with Crippen LogP contribution in [0.5, 0.6) is 11.5 Å². The maximum Gasteiger partial charge on any atom is 0.146 e. The Balaban J connectivity index is 2.27. The minimum absolute atomic E-state index is 0.100. The van der Waals surface area contributed by atoms with Crippen molar-refractivity contribution in [2.45, 2.75) is 6.42 Å². The van der Waals surface area contributed by atoms with E-state index in [1.54, 1.807) is 30.3 Å². The van der Waals surface area contributed by atoms with Crippen LogP contribution in [0.25, 0.3) is 0 Å². The van der Waals surface area contributed by atoms with Crippen molar-refractivity contribution in [2.75, 3.05) is 6.61 Å². The lowest BCUT2D eigenvalue weighted by Crippen LogP contribution is -1.93. The van der Waals surface area contributed by atoms with E-state index in [-0.39, 0.29) is 12.2 Å². The molecule has 0 aliphatic heterocycles. The number of aliphatic hydroxyl groups is 1. The molecule has 2 aromatic rings. The van der Waals surface area contributed by atoms with Gasteiger partial charge in [0.25, 0.3) is 0 Å². The highest BCUT2D eigenvalue weighted by atomic mass is 16.5. The molecule has 0 saturated heterocycles. The maximum atomic E-state index is 9.11. The first-order valence-electron chi connectivity index (χ1n) is 6.09. The van der Waals surface area contributed by atoms with E-state index in [9.17, 15) is 0 Å². The fourth-order valence-electron chi connectivity index (χ4n) is 1.80. The van der Waals surface area contributed by atoms with Crippen LogP contribution >= 0.6 is 0 Å². The summed E-state index contributed by atoms with van der Waals surface area (Å²) < 4.78 is 5.64. The van der Waals surface area contributed by atoms with Crippen LogP contribution in [0.15, 0.2) is 42.5 Å². The molecule has 0 radical (unpaired) electrons. The standard InChI is InChI=1S/C16H12N2O2/c17-10-13-2-1-3-16(15(13)11-18)20-14-6-4-12(5-7-14)8-9-19/h1-7,19H,8-9H2. The van der Waals surface area contributed by atoms with Crippen LogP contribution < -0.4 is 4.74 Å². The number of nitriles is 2. The molecule has 98 valence electrons. The van der Waals surface area contributed by atoms with Gasteiger partial charge in [0, 0.05) is 6.61 Å². The molecule has 0 spiro atoms. The SMILES string of the molecule is N#Cc1cccc(Oc2ccc(CCO)cc2)c1C#N. The van der Waals surface area contributed by atoms with Crippen molar-refractivity contribution in [1.29, 1.82) is 10.5 Å². The Hall–Kier alpha value is -2.82. The van der Waals surface area contributed by atoms with Gasteiger partial charge in [0.15, 0.2) is 0 Å². The first-order valence-corrected chi connectivity index (χ1v) is 6.09. The summed E-state index contributed by atoms with van der Waals surface area (Å²) in [7, 11) is 0. The highest BCUT2D eigenvalue weighted by Gasteiger charge is 2.09. The van der Waals surface area contributed by atoms with Crippen molar-refractivity contribution in [3.05, 3.63) is 59.2 Å². The molecule has 1 N–H and O–H groups in total. The second-order valence-electron chi connectivity index (χ2n) is 4.12. The third kappa shape index (κ3) is 2.95. The van der Waals surface area contributed by atoms with Crippen molar-refractivity contribution >= 4 is 0 Å². The van der Waals surface area contributed by atoms with Crippen LogP contribution in [0.2, 0.25) is 0 Å². The van der Waals surface area contributed by atoms with E-state index in [0.29, 0.717) is 23.5 Å². The van der Waals surface area contributed by atoms with Gasteiger partial charge in [0.05, 0.1) is 5.56 Å². The van der Waals surface area contributed by atoms with Gasteiger partial charge >= 0.3 is 0 Å². The normalized spacial score (nSPS) is 9.55. The van der Waals surface area contributed by atoms with E-state index in [4.69, 9.17) is 20.4 Å². The first kappa shape index (κ1) is 13.6. The molecule has 0 aliphatic rings. The summed E-state index contributed by atoms with van der Waals surface area (Å²) in [5, 5.41) is 26.9. The van der Waals surface area contributed by atoms with Crippen LogP contribution in [-0.2, 0) is 6.42 Å². The fourth-order valence-corrected chi connectivity index (χ4v) is 1.80. The zero-order chi connectivity index (χ0) is 14.4. The summed E-state index contributed by atoms with van der Waals surface area (Å²) in [5.41, 5.74) is 1.53. The number of aliphatic hydroxyl groups excluding tert-OH is 1. The third-order valence-corrected chi connectivity index (χ3v) is 2.81. The van der Waals surface area contributed by atoms with Crippen molar-refractivity contribution in [3.63, 3.8) is 0 Å². The molecule has 0 saturated carbocycles. The highest BCUT2D eigenvalue weighted by Crippen LogP contribution is 2.27. The molecule has 0 atom stereocenters. The van der Waals surface area contributed by atoms with E-state index in [0.717, 1.165) is 5.56 Å². The Bertz CT molecular complexity index is 679. The predicted octanol–water partition coefficient (Wildman–Crippen LogP) is 2.76. The van der Waals surface area contributed by atoms with Gasteiger partial charge in [-0.15, -0.1) is 0 Å². The van der Waals surface area contributed by atoms with Crippen LogP contribution in [-0.4, -0.2) is 11.7 Å². The van der Waals surface area contributed by atoms with E-state index >= 15 is 0 Å². The van der Waals surface area contributed by atoms with Gasteiger partial charge in [0.2, 0.25) is 0 Å². The number of nitrogens with zero attached hydrogens (tertiary/aromatic N) is 2. The molecule has 2 aromatic carbocycles. The molecule has 20 heavy (non-hydrogen) atoms. The number of benzene rings is 2. The van der Waals surface area contributed by atoms with Crippen molar-refractivity contribution in [1.82, 2.24) is 0 Å². The predicted molar refractivity (Wildman–Crippen MR) is 73.2 cm³/mol. The minimum atomic E-state index is 0.100. The quantitative estimate of drug-likeness (QED) is 0.921. The first-order chi connectivity index (χ1) is 9.78. The summed E-state index contributed by atoms with van der Waals surface area (Å²) in [6.45, 7) is 0.100. The number of rotatable bonds is 4. The molecule has 4 heteroatoms. The van der Waals surface area contributed by atoms with Crippen LogP contribution in [0, 0.1) is 22.7 Å². The van der Waals surface area contributed by atoms with E-state index in [1.165, 1.54) is 0 Å². The number of hydrogen-bond acceptors (Lipinski definition) is 4. The minimum Gasteiger partial charge on any atom is -0.456 e. The van der Waals surface area contributed by atoms with Gasteiger partial charge in [-0.25, -0.2) is 0 Å². The molecule has 0 amide bonds. The van der Waals surface area contributed by atoms with Gasteiger partial charge in [-0.2, -0.15) is 10.5 Å². The molecule has 2 rings (SSSR count). The number of ether oxygens (including phenoxy) is 1. The van der Waals surface area contributed by atoms with Crippen molar-refractivity contribution < 1.29 is 9.84 Å². The molecule has 0 fully saturated rings. The Morgan fingerprint density at radius 1 is 1.00 bits per heavy atom. The monoisotopic (exact) mass is 264 g/mol. The lowest BCUT2D eigenvalue weighted by Gasteiger charge is -2.08. The fraction of sp³-hybridized carbons (Fsp3) is 0.125. The summed E-state index contributed by atoms with van der Waals surface area (Å²) >= 11 is 0. The van der Waals surface area contributed by atoms with Gasteiger partial charge in [-0.05, 0) is 36.2 Å². The topological polar surface area (TPSA) is 77.0 Å². The molecular weight excluding hydrogens is 252 g/mol. The average molecular weight is 264 g/mol. The smallest absolute Gasteiger partial charge is 0.146 e. The Morgan fingerprint density at radius 2 is 1.75 bits per heavy atom. The van der Waals surface area contributed by atoms with Gasteiger partial charge in [-0.1, -0.05) is 18.2 Å². The summed E-state index contributed by atoms with van der Waals surface area (Å²) in [6.07, 6.45) is 0.591. The second kappa shape index (κ2) is 6.38. The summed E-state index contributed by atoms with van der Waals surface area (Å²) in [6, 6.07) is 16.1. The molecule has 0 aromatic heterocycles. The van der Waals surface area contributed by atoms with Crippen LogP contribution in [0.4, 0.5) is 0 Å². The van der Waals surface area contributed by atoms with E-state index in [2.05, 4.69) is 0 Å². The summed E-state index contributed by atoms with van der Waals surface area (Å²) in [4.78, 5) is 0. The maximum absolute atomic E-state index is 9.11. The largest absolute Gasteiger partial charge is 0.456 e. The molecule has 4 nitrogen and oxygen atoms in total. The molecule has 0 bridgehead atoms. The Morgan fingerprint density at radius 3 is 2.35 bits per heavy atom. The lowest BCUT2D eigenvalue weighted by molar-refractivity contribution is 0.299. The van der Waals surface area contributed by atoms with E-state index < -0.39 is 0 Å². The Labute approximate surface area is 117 Å². The van der Waals surface area contributed by atoms with Crippen molar-refractivity contribution in [3.8, 4) is 23.6 Å². The third-order valence-electron chi connectivity index (χ3n) is 2.81. The zero-order valence-corrected chi connectivity index (χ0v) is 10.7. The zero-order valence-electron chi connectivity index (χ0n) is 10.7. The molecule has 0 aliphatic carbocycles. The highest BCUT2D eigenvalue weighted by molar-refractivity contribution is 5.55. The lowest BCUT2D eigenvalue weighted by atomic mass is 10.1. The van der Waals surface area contributed by atoms with Gasteiger partial charge in [0.1, 0.15) is 29.2 Å². The van der Waals surface area contributed by atoms with Gasteiger partial charge in [-0.3, -0.25) is 0 Å². The van der Waals surface area contributed by atoms with E-state index in [1.807, 2.05) is 24.3 Å². The molecule has 0 heterocycles. The molecule has 0 unspecified atom stereocenters. The van der Waals surface area contributed by atoms with Crippen LogP contribution in [0.1, 0.15) is 16.7 Å². The summed E-state index contributed by atoms with van der Waals surface area (Å²) in [5.74, 6) is 0.944. The van der Waals surface area contributed by atoms with Gasteiger partial charge < -0.3 is 9.84 Å².